The van der Waals surface area contributed by atoms with Crippen LogP contribution in [-0.2, 0) is 0 Å². The summed E-state index contributed by atoms with van der Waals surface area (Å²) < 4.78 is 0. The van der Waals surface area contributed by atoms with E-state index in [2.05, 4.69) is 20.6 Å². The third-order valence-corrected chi connectivity index (χ3v) is 2.78. The molecule has 0 aliphatic rings. The first kappa shape index (κ1) is 15.0. The van der Waals surface area contributed by atoms with Crippen LogP contribution in [0.2, 0.25) is 0 Å². The maximum Gasteiger partial charge on any atom is 0.191 e. The first-order chi connectivity index (χ1) is 8.50. The van der Waals surface area contributed by atoms with Gasteiger partial charge in [0.1, 0.15) is 17.2 Å². The van der Waals surface area contributed by atoms with Gasteiger partial charge in [-0.2, -0.15) is 0 Å². The van der Waals surface area contributed by atoms with Crippen LogP contribution in [0, 0.1) is 0 Å². The van der Waals surface area contributed by atoms with Gasteiger partial charge in [0, 0.05) is 19.2 Å². The van der Waals surface area contributed by atoms with E-state index in [-0.39, 0.29) is 13.2 Å². The number of aromatic nitrogens is 2. The molecule has 4 N–H and O–H groups in total. The van der Waals surface area contributed by atoms with E-state index < -0.39 is 5.60 Å². The minimum Gasteiger partial charge on any atom is -0.393 e. The summed E-state index contributed by atoms with van der Waals surface area (Å²) in [6.07, 6.45) is 1.90. The van der Waals surface area contributed by atoms with E-state index >= 15 is 0 Å². The van der Waals surface area contributed by atoms with E-state index in [1.54, 1.807) is 13.0 Å². The summed E-state index contributed by atoms with van der Waals surface area (Å²) in [5.74, 6) is 1.36. The van der Waals surface area contributed by atoms with E-state index in [0.717, 1.165) is 12.4 Å². The lowest BCUT2D eigenvalue weighted by molar-refractivity contribution is 0.0131. The van der Waals surface area contributed by atoms with Gasteiger partial charge in [-0.05, 0) is 20.1 Å². The number of thioether (sulfide) groups is 1. The van der Waals surface area contributed by atoms with Gasteiger partial charge in [-0.3, -0.25) is 0 Å². The van der Waals surface area contributed by atoms with Crippen molar-refractivity contribution in [2.75, 3.05) is 36.6 Å². The van der Waals surface area contributed by atoms with Gasteiger partial charge in [-0.1, -0.05) is 11.8 Å². The molecule has 1 unspecified atom stereocenters. The standard InChI is InChI=1S/C11H20N4O2S/c1-4-12-8-5-9(15-10(14-8)18-3)13-6-11(2,17)7-16/h5,16-17H,4,6-7H2,1-3H3,(H2,12,13,14,15). The minimum absolute atomic E-state index is 0.222. The van der Waals surface area contributed by atoms with Crippen LogP contribution in [-0.4, -0.2) is 51.7 Å². The Labute approximate surface area is 111 Å². The van der Waals surface area contributed by atoms with Crippen LogP contribution in [0.5, 0.6) is 0 Å². The molecule has 0 amide bonds. The Morgan fingerprint density at radius 1 is 1.33 bits per heavy atom. The highest BCUT2D eigenvalue weighted by Gasteiger charge is 2.18. The van der Waals surface area contributed by atoms with Crippen LogP contribution in [0.1, 0.15) is 13.8 Å². The zero-order valence-electron chi connectivity index (χ0n) is 10.9. The Kier molecular flexibility index (Phi) is 5.64. The van der Waals surface area contributed by atoms with Crippen molar-refractivity contribution in [1.29, 1.82) is 0 Å². The fourth-order valence-corrected chi connectivity index (χ4v) is 1.59. The molecule has 0 spiro atoms. The molecule has 0 aromatic carbocycles. The molecule has 0 saturated heterocycles. The fourth-order valence-electron chi connectivity index (χ4n) is 1.22. The zero-order valence-corrected chi connectivity index (χ0v) is 11.7. The molecule has 102 valence electrons. The van der Waals surface area contributed by atoms with E-state index in [9.17, 15) is 5.11 Å². The maximum absolute atomic E-state index is 9.71. The van der Waals surface area contributed by atoms with Crippen molar-refractivity contribution < 1.29 is 10.2 Å². The van der Waals surface area contributed by atoms with Gasteiger partial charge >= 0.3 is 0 Å². The average molecular weight is 272 g/mol. The lowest BCUT2D eigenvalue weighted by atomic mass is 10.1. The first-order valence-electron chi connectivity index (χ1n) is 5.75. The monoisotopic (exact) mass is 272 g/mol. The Balaban J connectivity index is 2.78. The lowest BCUT2D eigenvalue weighted by Gasteiger charge is -2.21. The summed E-state index contributed by atoms with van der Waals surface area (Å²) in [6, 6.07) is 1.77. The molecule has 0 saturated carbocycles. The largest absolute Gasteiger partial charge is 0.393 e. The van der Waals surface area contributed by atoms with Gasteiger partial charge in [0.25, 0.3) is 0 Å². The van der Waals surface area contributed by atoms with E-state index in [4.69, 9.17) is 5.11 Å². The highest BCUT2D eigenvalue weighted by Crippen LogP contribution is 2.17. The van der Waals surface area contributed by atoms with Gasteiger partial charge in [-0.25, -0.2) is 9.97 Å². The van der Waals surface area contributed by atoms with Gasteiger partial charge in [0.15, 0.2) is 5.16 Å². The second-order valence-electron chi connectivity index (χ2n) is 4.16. The van der Waals surface area contributed by atoms with Crippen molar-refractivity contribution in [3.05, 3.63) is 6.07 Å². The average Bonchev–Trinajstić information content (AvgIpc) is 2.37. The van der Waals surface area contributed by atoms with Gasteiger partial charge < -0.3 is 20.8 Å². The zero-order chi connectivity index (χ0) is 13.6. The van der Waals surface area contributed by atoms with Crippen LogP contribution in [0.15, 0.2) is 11.2 Å². The molecule has 0 bridgehead atoms. The molecule has 1 heterocycles. The Hall–Kier alpha value is -1.05. The minimum atomic E-state index is -1.16. The molecule has 1 aromatic rings. The second-order valence-corrected chi connectivity index (χ2v) is 4.94. The number of aliphatic hydroxyl groups excluding tert-OH is 1. The maximum atomic E-state index is 9.71. The molecule has 7 heteroatoms. The summed E-state index contributed by atoms with van der Waals surface area (Å²) in [5.41, 5.74) is -1.16. The number of nitrogens with zero attached hydrogens (tertiary/aromatic N) is 2. The topological polar surface area (TPSA) is 90.3 Å². The molecule has 0 fully saturated rings. The molecule has 0 aliphatic carbocycles. The Morgan fingerprint density at radius 3 is 2.44 bits per heavy atom. The van der Waals surface area contributed by atoms with Crippen molar-refractivity contribution >= 4 is 23.4 Å². The Bertz CT molecular complexity index is 387. The number of hydrogen-bond donors (Lipinski definition) is 4. The van der Waals surface area contributed by atoms with Gasteiger partial charge in [0.2, 0.25) is 0 Å². The molecule has 1 rings (SSSR count). The molecular weight excluding hydrogens is 252 g/mol. The molecule has 6 nitrogen and oxygen atoms in total. The lowest BCUT2D eigenvalue weighted by Crippen LogP contribution is -2.37. The summed E-state index contributed by atoms with van der Waals surface area (Å²) in [6.45, 7) is 4.24. The quantitative estimate of drug-likeness (QED) is 0.431. The Morgan fingerprint density at radius 2 is 1.94 bits per heavy atom. The van der Waals surface area contributed by atoms with Crippen molar-refractivity contribution in [2.24, 2.45) is 0 Å². The van der Waals surface area contributed by atoms with Crippen LogP contribution in [0.25, 0.3) is 0 Å². The fraction of sp³-hybridized carbons (Fsp3) is 0.636. The highest BCUT2D eigenvalue weighted by molar-refractivity contribution is 7.98. The third kappa shape index (κ3) is 4.67. The van der Waals surface area contributed by atoms with Crippen LogP contribution in [0.3, 0.4) is 0 Å². The number of hydrogen-bond acceptors (Lipinski definition) is 7. The van der Waals surface area contributed by atoms with Crippen molar-refractivity contribution in [3.8, 4) is 0 Å². The summed E-state index contributed by atoms with van der Waals surface area (Å²) in [7, 11) is 0. The van der Waals surface area contributed by atoms with Crippen LogP contribution in [0.4, 0.5) is 11.6 Å². The predicted octanol–water partition coefficient (Wildman–Crippen LogP) is 0.785. The number of rotatable bonds is 7. The van der Waals surface area contributed by atoms with Crippen LogP contribution >= 0.6 is 11.8 Å². The molecule has 18 heavy (non-hydrogen) atoms. The molecular formula is C11H20N4O2S. The highest BCUT2D eigenvalue weighted by atomic mass is 32.2. The molecule has 1 atom stereocenters. The van der Waals surface area contributed by atoms with Crippen molar-refractivity contribution in [1.82, 2.24) is 9.97 Å². The van der Waals surface area contributed by atoms with Crippen LogP contribution < -0.4 is 10.6 Å². The SMILES string of the molecule is CCNc1cc(NCC(C)(O)CO)nc(SC)n1. The molecule has 0 aliphatic heterocycles. The van der Waals surface area contributed by atoms with E-state index in [1.807, 2.05) is 13.2 Å². The number of anilines is 2. The summed E-state index contributed by atoms with van der Waals surface area (Å²) in [5, 5.41) is 25.4. The third-order valence-electron chi connectivity index (χ3n) is 2.24. The van der Waals surface area contributed by atoms with E-state index in [1.165, 1.54) is 11.8 Å². The normalized spacial score (nSPS) is 14.1. The predicted molar refractivity (Wildman–Crippen MR) is 74.2 cm³/mol. The second kappa shape index (κ2) is 6.77. The smallest absolute Gasteiger partial charge is 0.191 e. The molecule has 0 radical (unpaired) electrons. The summed E-state index contributed by atoms with van der Waals surface area (Å²) in [4.78, 5) is 8.57. The van der Waals surface area contributed by atoms with Crippen molar-refractivity contribution in [3.63, 3.8) is 0 Å². The first-order valence-corrected chi connectivity index (χ1v) is 6.97. The summed E-state index contributed by atoms with van der Waals surface area (Å²) >= 11 is 1.45. The van der Waals surface area contributed by atoms with Gasteiger partial charge in [0.05, 0.1) is 6.61 Å². The van der Waals surface area contributed by atoms with E-state index in [0.29, 0.717) is 11.0 Å². The van der Waals surface area contributed by atoms with Gasteiger partial charge in [-0.15, -0.1) is 0 Å². The number of aliphatic hydroxyl groups is 2. The number of nitrogens with one attached hydrogen (secondary N) is 2. The molecule has 1 aromatic heterocycles. The van der Waals surface area contributed by atoms with Crippen molar-refractivity contribution in [2.45, 2.75) is 24.6 Å².